The lowest BCUT2D eigenvalue weighted by atomic mass is 10.1. The standard InChI is InChI=1S/C14H9FN2O2/c15-11-2-1-3-12(7-11)17-13-5-4-9(14(18)19)6-10(13)8-16-17/h1-8H,(H,18,19). The van der Waals surface area contributed by atoms with Gasteiger partial charge in [-0.1, -0.05) is 6.07 Å². The zero-order chi connectivity index (χ0) is 13.4. The summed E-state index contributed by atoms with van der Waals surface area (Å²) in [6, 6.07) is 10.8. The molecule has 3 aromatic rings. The minimum Gasteiger partial charge on any atom is -0.478 e. The minimum atomic E-state index is -0.986. The summed E-state index contributed by atoms with van der Waals surface area (Å²) in [7, 11) is 0. The maximum absolute atomic E-state index is 13.2. The maximum atomic E-state index is 13.2. The molecule has 19 heavy (non-hydrogen) atoms. The molecule has 5 heteroatoms. The highest BCUT2D eigenvalue weighted by atomic mass is 19.1. The predicted octanol–water partition coefficient (Wildman–Crippen LogP) is 2.86. The summed E-state index contributed by atoms with van der Waals surface area (Å²) in [5.41, 5.74) is 1.53. The Bertz CT molecular complexity index is 780. The number of rotatable bonds is 2. The maximum Gasteiger partial charge on any atom is 0.335 e. The first-order valence-electron chi connectivity index (χ1n) is 5.62. The molecule has 0 aliphatic rings. The lowest BCUT2D eigenvalue weighted by Gasteiger charge is -2.03. The van der Waals surface area contributed by atoms with E-state index >= 15 is 0 Å². The van der Waals surface area contributed by atoms with Crippen LogP contribution in [0.1, 0.15) is 10.4 Å². The Kier molecular flexibility index (Phi) is 2.52. The van der Waals surface area contributed by atoms with Crippen LogP contribution in [-0.4, -0.2) is 20.9 Å². The second-order valence-electron chi connectivity index (χ2n) is 4.11. The van der Waals surface area contributed by atoms with Crippen molar-refractivity contribution >= 4 is 16.9 Å². The highest BCUT2D eigenvalue weighted by Gasteiger charge is 2.09. The second kappa shape index (κ2) is 4.20. The fourth-order valence-electron chi connectivity index (χ4n) is 1.98. The van der Waals surface area contributed by atoms with Crippen molar-refractivity contribution in [3.8, 4) is 5.69 Å². The fraction of sp³-hybridized carbons (Fsp3) is 0. The van der Waals surface area contributed by atoms with Crippen LogP contribution in [0.4, 0.5) is 4.39 Å². The number of carboxylic acids is 1. The third-order valence-corrected chi connectivity index (χ3v) is 2.87. The van der Waals surface area contributed by atoms with E-state index in [9.17, 15) is 9.18 Å². The Hall–Kier alpha value is -2.69. The third-order valence-electron chi connectivity index (χ3n) is 2.87. The average molecular weight is 256 g/mol. The van der Waals surface area contributed by atoms with Crippen molar-refractivity contribution in [2.45, 2.75) is 0 Å². The number of nitrogens with zero attached hydrogens (tertiary/aromatic N) is 2. The van der Waals surface area contributed by atoms with E-state index in [1.165, 1.54) is 18.2 Å². The smallest absolute Gasteiger partial charge is 0.335 e. The van der Waals surface area contributed by atoms with Gasteiger partial charge in [0.15, 0.2) is 0 Å². The van der Waals surface area contributed by atoms with Gasteiger partial charge in [0.2, 0.25) is 0 Å². The molecule has 0 saturated carbocycles. The quantitative estimate of drug-likeness (QED) is 0.767. The molecule has 94 valence electrons. The van der Waals surface area contributed by atoms with Crippen molar-refractivity contribution in [2.75, 3.05) is 0 Å². The average Bonchev–Trinajstić information content (AvgIpc) is 2.81. The van der Waals surface area contributed by atoms with E-state index in [4.69, 9.17) is 5.11 Å². The van der Waals surface area contributed by atoms with Gasteiger partial charge < -0.3 is 5.11 Å². The number of halogens is 1. The molecule has 0 saturated heterocycles. The molecule has 1 N–H and O–H groups in total. The first-order chi connectivity index (χ1) is 9.15. The van der Waals surface area contributed by atoms with E-state index in [1.807, 2.05) is 0 Å². The molecule has 0 aliphatic carbocycles. The van der Waals surface area contributed by atoms with Crippen LogP contribution in [0.15, 0.2) is 48.7 Å². The Morgan fingerprint density at radius 1 is 1.21 bits per heavy atom. The Morgan fingerprint density at radius 2 is 2.05 bits per heavy atom. The number of aromatic carboxylic acids is 1. The number of benzene rings is 2. The number of aromatic nitrogens is 2. The van der Waals surface area contributed by atoms with Crippen molar-refractivity contribution in [1.29, 1.82) is 0 Å². The topological polar surface area (TPSA) is 55.1 Å². The van der Waals surface area contributed by atoms with Crippen LogP contribution in [0.5, 0.6) is 0 Å². The number of carbonyl (C=O) groups is 1. The Morgan fingerprint density at radius 3 is 2.79 bits per heavy atom. The van der Waals surface area contributed by atoms with Gasteiger partial charge in [-0.25, -0.2) is 13.9 Å². The second-order valence-corrected chi connectivity index (χ2v) is 4.11. The predicted molar refractivity (Wildman–Crippen MR) is 68.0 cm³/mol. The largest absolute Gasteiger partial charge is 0.478 e. The Labute approximate surface area is 107 Å². The van der Waals surface area contributed by atoms with Crippen molar-refractivity contribution in [1.82, 2.24) is 9.78 Å². The fourth-order valence-corrected chi connectivity index (χ4v) is 1.98. The molecule has 3 rings (SSSR count). The number of hydrogen-bond acceptors (Lipinski definition) is 2. The van der Waals surface area contributed by atoms with Gasteiger partial charge in [-0.3, -0.25) is 0 Å². The zero-order valence-corrected chi connectivity index (χ0v) is 9.75. The first-order valence-corrected chi connectivity index (χ1v) is 5.62. The molecule has 0 atom stereocenters. The minimum absolute atomic E-state index is 0.200. The van der Waals surface area contributed by atoms with Gasteiger partial charge >= 0.3 is 5.97 Å². The van der Waals surface area contributed by atoms with Gasteiger partial charge in [-0.15, -0.1) is 0 Å². The van der Waals surface area contributed by atoms with Gasteiger partial charge in [-0.05, 0) is 36.4 Å². The molecule has 0 spiro atoms. The van der Waals surface area contributed by atoms with Crippen LogP contribution in [0.25, 0.3) is 16.6 Å². The molecular weight excluding hydrogens is 247 g/mol. The summed E-state index contributed by atoms with van der Waals surface area (Å²) in [6.07, 6.45) is 1.56. The van der Waals surface area contributed by atoms with Crippen molar-refractivity contribution in [3.63, 3.8) is 0 Å². The van der Waals surface area contributed by atoms with Gasteiger partial charge in [0.05, 0.1) is 23.0 Å². The molecule has 4 nitrogen and oxygen atoms in total. The third kappa shape index (κ3) is 1.95. The number of fused-ring (bicyclic) bond motifs is 1. The lowest BCUT2D eigenvalue weighted by Crippen LogP contribution is -1.98. The van der Waals surface area contributed by atoms with Crippen molar-refractivity contribution in [3.05, 3.63) is 60.0 Å². The van der Waals surface area contributed by atoms with E-state index in [0.717, 1.165) is 5.52 Å². The highest BCUT2D eigenvalue weighted by Crippen LogP contribution is 2.20. The van der Waals surface area contributed by atoms with E-state index < -0.39 is 5.97 Å². The summed E-state index contributed by atoms with van der Waals surface area (Å²) in [6.45, 7) is 0. The van der Waals surface area contributed by atoms with Gasteiger partial charge in [0, 0.05) is 5.39 Å². The molecule has 0 amide bonds. The summed E-state index contributed by atoms with van der Waals surface area (Å²) in [4.78, 5) is 10.9. The molecular formula is C14H9FN2O2. The summed E-state index contributed by atoms with van der Waals surface area (Å²) in [5, 5.41) is 13.8. The van der Waals surface area contributed by atoms with Gasteiger partial charge in [-0.2, -0.15) is 5.10 Å². The van der Waals surface area contributed by atoms with Crippen LogP contribution in [0.3, 0.4) is 0 Å². The van der Waals surface area contributed by atoms with Crippen molar-refractivity contribution < 1.29 is 14.3 Å². The Balaban J connectivity index is 2.18. The molecule has 0 fully saturated rings. The van der Waals surface area contributed by atoms with Crippen molar-refractivity contribution in [2.24, 2.45) is 0 Å². The highest BCUT2D eigenvalue weighted by molar-refractivity contribution is 5.93. The number of carboxylic acid groups (broad SMARTS) is 1. The van der Waals surface area contributed by atoms with Gasteiger partial charge in [0.25, 0.3) is 0 Å². The number of hydrogen-bond donors (Lipinski definition) is 1. The SMILES string of the molecule is O=C(O)c1ccc2c(cnn2-c2cccc(F)c2)c1. The molecule has 1 heterocycles. The van der Waals surface area contributed by atoms with Crippen LogP contribution in [0.2, 0.25) is 0 Å². The van der Waals surface area contributed by atoms with E-state index in [0.29, 0.717) is 11.1 Å². The molecule has 1 aromatic heterocycles. The van der Waals surface area contributed by atoms with Crippen LogP contribution in [0, 0.1) is 5.82 Å². The normalized spacial score (nSPS) is 10.8. The van der Waals surface area contributed by atoms with Gasteiger partial charge in [0.1, 0.15) is 5.82 Å². The summed E-state index contributed by atoms with van der Waals surface area (Å²) >= 11 is 0. The molecule has 0 unspecified atom stereocenters. The molecule has 0 aliphatic heterocycles. The van der Waals surface area contributed by atoms with E-state index in [2.05, 4.69) is 5.10 Å². The molecule has 2 aromatic carbocycles. The first kappa shape index (κ1) is 11.4. The van der Waals surface area contributed by atoms with Crippen LogP contribution < -0.4 is 0 Å². The van der Waals surface area contributed by atoms with E-state index in [1.54, 1.807) is 35.1 Å². The summed E-state index contributed by atoms with van der Waals surface area (Å²) in [5.74, 6) is -1.33. The van der Waals surface area contributed by atoms with Crippen LogP contribution >= 0.6 is 0 Å². The summed E-state index contributed by atoms with van der Waals surface area (Å²) < 4.78 is 14.8. The lowest BCUT2D eigenvalue weighted by molar-refractivity contribution is 0.0697. The molecule has 0 bridgehead atoms. The zero-order valence-electron chi connectivity index (χ0n) is 9.75. The molecule has 0 radical (unpaired) electrons. The van der Waals surface area contributed by atoms with Crippen LogP contribution in [-0.2, 0) is 0 Å². The van der Waals surface area contributed by atoms with E-state index in [-0.39, 0.29) is 11.4 Å². The monoisotopic (exact) mass is 256 g/mol.